The molecule has 0 saturated heterocycles. The number of hydrogen-bond donors (Lipinski definition) is 2. The molecule has 48 heavy (non-hydrogen) atoms. The van der Waals surface area contributed by atoms with Crippen LogP contribution in [0.15, 0.2) is 0 Å². The highest BCUT2D eigenvalue weighted by Gasteiger charge is 2.08. The molecule has 0 spiro atoms. The number of carbonyl (C=O) groups is 2. The van der Waals surface area contributed by atoms with E-state index in [1.54, 1.807) is 0 Å². The van der Waals surface area contributed by atoms with Gasteiger partial charge < -0.3 is 24.6 Å². The monoisotopic (exact) mass is 686 g/mol. The molecule has 0 amide bonds. The quantitative estimate of drug-likeness (QED) is 0.0504. The Morgan fingerprint density at radius 1 is 0.542 bits per heavy atom. The van der Waals surface area contributed by atoms with Gasteiger partial charge in [0.1, 0.15) is 6.29 Å². The molecule has 0 radical (unpaired) electrons. The molecule has 0 aromatic rings. The Hall–Kier alpha value is -0.980. The number of methoxy groups -OCH3 is 1. The summed E-state index contributed by atoms with van der Waals surface area (Å²) in [6.45, 7) is 8.47. The van der Waals surface area contributed by atoms with E-state index >= 15 is 0 Å². The maximum Gasteiger partial charge on any atom is 0.290 e. The maximum atomic E-state index is 10.2. The van der Waals surface area contributed by atoms with Crippen LogP contribution in [0.5, 0.6) is 0 Å². The highest BCUT2D eigenvalue weighted by molar-refractivity contribution is 5.48. The molecule has 1 unspecified atom stereocenters. The summed E-state index contributed by atoms with van der Waals surface area (Å²) in [7, 11) is 4.01. The molecule has 1 atom stereocenters. The number of likely N-dealkylation sites (N-methyl/N-ethyl adjacent to an activating group) is 1. The number of hydrogen-bond acceptors (Lipinski definition) is 5. The number of ether oxygens (including phenoxy) is 1. The van der Waals surface area contributed by atoms with E-state index in [9.17, 15) is 9.90 Å². The normalized spacial score (nSPS) is 11.6. The van der Waals surface area contributed by atoms with Gasteiger partial charge in [-0.25, -0.2) is 0 Å². The largest absolute Gasteiger partial charge is 0.483 e. The molecule has 0 aliphatic carbocycles. The lowest BCUT2D eigenvalue weighted by Gasteiger charge is -2.20. The fourth-order valence-corrected chi connectivity index (χ4v) is 6.23. The second kappa shape index (κ2) is 48.1. The third kappa shape index (κ3) is 49.4. The summed E-state index contributed by atoms with van der Waals surface area (Å²) in [5.74, 6) is 0. The molecule has 6 heteroatoms. The van der Waals surface area contributed by atoms with E-state index in [1.807, 2.05) is 7.11 Å². The summed E-state index contributed by atoms with van der Waals surface area (Å²) in [6, 6.07) is 0. The van der Waals surface area contributed by atoms with E-state index in [0.29, 0.717) is 12.5 Å². The molecule has 0 rings (SSSR count). The van der Waals surface area contributed by atoms with Gasteiger partial charge >= 0.3 is 0 Å². The number of aliphatic hydroxyl groups is 1. The highest BCUT2D eigenvalue weighted by Crippen LogP contribution is 2.16. The first-order valence-corrected chi connectivity index (χ1v) is 20.9. The third-order valence-electron chi connectivity index (χ3n) is 9.37. The lowest BCUT2D eigenvalue weighted by Crippen LogP contribution is -2.29. The number of carboxylic acid groups (broad SMARTS) is 1. The Labute approximate surface area is 300 Å². The number of nitrogens with zero attached hydrogens (tertiary/aromatic N) is 1. The Bertz CT molecular complexity index is 560. The van der Waals surface area contributed by atoms with E-state index in [2.05, 4.69) is 32.7 Å². The van der Waals surface area contributed by atoms with Crippen molar-refractivity contribution in [1.82, 2.24) is 4.90 Å². The predicted molar refractivity (Wildman–Crippen MR) is 209 cm³/mol. The van der Waals surface area contributed by atoms with Gasteiger partial charge in [-0.15, -0.1) is 0 Å². The maximum absolute atomic E-state index is 10.2. The highest BCUT2D eigenvalue weighted by atomic mass is 16.5. The minimum atomic E-state index is -0.250. The Balaban J connectivity index is -0.000000811. The van der Waals surface area contributed by atoms with Gasteiger partial charge in [0.15, 0.2) is 0 Å². The summed E-state index contributed by atoms with van der Waals surface area (Å²) in [6.07, 6.45) is 41.8. The lowest BCUT2D eigenvalue weighted by molar-refractivity contribution is -0.122. The van der Waals surface area contributed by atoms with Crippen LogP contribution in [-0.4, -0.2) is 67.3 Å². The van der Waals surface area contributed by atoms with Crippen molar-refractivity contribution in [3.63, 3.8) is 0 Å². The summed E-state index contributed by atoms with van der Waals surface area (Å²) in [5, 5.41) is 16.9. The fourth-order valence-electron chi connectivity index (χ4n) is 6.23. The molecule has 0 aromatic heterocycles. The number of rotatable bonds is 36. The molecule has 0 heterocycles. The molecule has 0 bridgehead atoms. The number of carbonyl (C=O) groups excluding carboxylic acids is 1. The molecule has 0 aliphatic heterocycles. The SMILES string of the molecule is CCCCCCCCC(CCCCCCCC)OC.CCCCCCCCCCCCCCN(C)CC(O)CCCCCC=O.O=CO. The Morgan fingerprint density at radius 2 is 0.875 bits per heavy atom. The van der Waals surface area contributed by atoms with Crippen LogP contribution in [0.1, 0.15) is 220 Å². The zero-order chi connectivity index (χ0) is 36.2. The average Bonchev–Trinajstić information content (AvgIpc) is 3.08. The molecular formula is C42H87NO5. The van der Waals surface area contributed by atoms with Crippen molar-refractivity contribution in [2.45, 2.75) is 232 Å². The van der Waals surface area contributed by atoms with Gasteiger partial charge in [-0.2, -0.15) is 0 Å². The van der Waals surface area contributed by atoms with Crippen LogP contribution >= 0.6 is 0 Å². The number of aliphatic hydroxyl groups excluding tert-OH is 1. The molecule has 6 nitrogen and oxygen atoms in total. The number of unbranched alkanes of at least 4 members (excludes halogenated alkanes) is 24. The minimum Gasteiger partial charge on any atom is -0.483 e. The number of aldehydes is 1. The third-order valence-corrected chi connectivity index (χ3v) is 9.37. The van der Waals surface area contributed by atoms with Gasteiger partial charge in [0.2, 0.25) is 0 Å². The van der Waals surface area contributed by atoms with Gasteiger partial charge in [0.25, 0.3) is 6.47 Å². The van der Waals surface area contributed by atoms with E-state index in [1.165, 1.54) is 167 Å². The van der Waals surface area contributed by atoms with Crippen molar-refractivity contribution in [3.8, 4) is 0 Å². The molecule has 0 saturated carbocycles. The smallest absolute Gasteiger partial charge is 0.290 e. The zero-order valence-corrected chi connectivity index (χ0v) is 33.2. The van der Waals surface area contributed by atoms with Crippen LogP contribution < -0.4 is 0 Å². The van der Waals surface area contributed by atoms with Gasteiger partial charge in [0.05, 0.1) is 12.2 Å². The van der Waals surface area contributed by atoms with Crippen LogP contribution in [0.25, 0.3) is 0 Å². The topological polar surface area (TPSA) is 87.1 Å². The first kappa shape index (κ1) is 51.4. The summed E-state index contributed by atoms with van der Waals surface area (Å²) in [4.78, 5) is 20.9. The molecule has 0 fully saturated rings. The van der Waals surface area contributed by atoms with Crippen LogP contribution in [0.3, 0.4) is 0 Å². The Morgan fingerprint density at radius 3 is 1.25 bits per heavy atom. The van der Waals surface area contributed by atoms with Gasteiger partial charge in [0, 0.05) is 20.1 Å². The van der Waals surface area contributed by atoms with Crippen LogP contribution in [0.4, 0.5) is 0 Å². The summed E-state index contributed by atoms with van der Waals surface area (Å²) >= 11 is 0. The van der Waals surface area contributed by atoms with E-state index in [4.69, 9.17) is 14.6 Å². The lowest BCUT2D eigenvalue weighted by atomic mass is 10.0. The first-order chi connectivity index (χ1) is 23.5. The van der Waals surface area contributed by atoms with Gasteiger partial charge in [-0.05, 0) is 45.7 Å². The molecule has 0 aromatic carbocycles. The molecule has 0 aliphatic rings. The van der Waals surface area contributed by atoms with Crippen molar-refractivity contribution in [2.24, 2.45) is 0 Å². The average molecular weight is 686 g/mol. The van der Waals surface area contributed by atoms with Crippen LogP contribution in [0.2, 0.25) is 0 Å². The first-order valence-electron chi connectivity index (χ1n) is 20.9. The second-order valence-corrected chi connectivity index (χ2v) is 14.2. The second-order valence-electron chi connectivity index (χ2n) is 14.2. The van der Waals surface area contributed by atoms with Crippen molar-refractivity contribution < 1.29 is 24.5 Å². The zero-order valence-electron chi connectivity index (χ0n) is 33.2. The van der Waals surface area contributed by atoms with Gasteiger partial charge in [-0.1, -0.05) is 181 Å². The Kier molecular flexibility index (Phi) is 51.5. The van der Waals surface area contributed by atoms with Crippen molar-refractivity contribution in [1.29, 1.82) is 0 Å². The summed E-state index contributed by atoms with van der Waals surface area (Å²) < 4.78 is 5.61. The van der Waals surface area contributed by atoms with E-state index < -0.39 is 0 Å². The molecular weight excluding hydrogens is 598 g/mol. The van der Waals surface area contributed by atoms with Crippen LogP contribution in [-0.2, 0) is 14.3 Å². The fraction of sp³-hybridized carbons (Fsp3) is 0.952. The minimum absolute atomic E-state index is 0.214. The van der Waals surface area contributed by atoms with Crippen LogP contribution in [0, 0.1) is 0 Å². The standard InChI is InChI=1S/C23H47NO2.C18H38O.CH2O2/c1-3-4-5-6-7-8-9-10-11-12-14-17-20-24(2)22-23(26)19-16-13-15-18-21-25;1-4-6-8-10-12-14-16-18(19-3)17-15-13-11-9-7-5-2;2-1-3/h21,23,26H,3-20,22H2,1-2H3;18H,4-17H2,1-3H3;1H,(H,2,3). The van der Waals surface area contributed by atoms with Crippen molar-refractivity contribution >= 4 is 12.8 Å². The van der Waals surface area contributed by atoms with Gasteiger partial charge in [-0.3, -0.25) is 4.79 Å². The summed E-state index contributed by atoms with van der Waals surface area (Å²) in [5.41, 5.74) is 0. The molecule has 2 N–H and O–H groups in total. The molecule has 290 valence electrons. The van der Waals surface area contributed by atoms with E-state index in [0.717, 1.165) is 45.1 Å². The van der Waals surface area contributed by atoms with Crippen molar-refractivity contribution in [3.05, 3.63) is 0 Å². The predicted octanol–water partition coefficient (Wildman–Crippen LogP) is 12.3. The van der Waals surface area contributed by atoms with Crippen molar-refractivity contribution in [2.75, 3.05) is 27.2 Å². The van der Waals surface area contributed by atoms with E-state index in [-0.39, 0.29) is 12.6 Å².